The molecule has 1 fully saturated rings. The van der Waals surface area contributed by atoms with Gasteiger partial charge in [0.1, 0.15) is 0 Å². The molecule has 3 aliphatic rings. The van der Waals surface area contributed by atoms with Crippen LogP contribution in [0.25, 0.3) is 0 Å². The van der Waals surface area contributed by atoms with Crippen molar-refractivity contribution >= 4 is 12.4 Å². The second-order valence-electron chi connectivity index (χ2n) is 8.83. The first-order valence-electron chi connectivity index (χ1n) is 12.2. The van der Waals surface area contributed by atoms with Gasteiger partial charge in [-0.15, -0.1) is 0 Å². The molecule has 3 rings (SSSR count). The number of likely N-dealkylation sites (N-methyl/N-ethyl adjacent to an activating group) is 1. The molecule has 3 heterocycles. The molecule has 0 aliphatic carbocycles. The summed E-state index contributed by atoms with van der Waals surface area (Å²) >= 11 is 0. The van der Waals surface area contributed by atoms with Crippen LogP contribution in [0.3, 0.4) is 0 Å². The van der Waals surface area contributed by atoms with Crippen molar-refractivity contribution in [2.24, 2.45) is 16.0 Å². The van der Waals surface area contributed by atoms with Crippen molar-refractivity contribution in [1.82, 2.24) is 20.5 Å². The molecule has 1 saturated heterocycles. The Morgan fingerprint density at radius 3 is 2.88 bits per heavy atom. The van der Waals surface area contributed by atoms with Crippen LogP contribution in [-0.2, 0) is 0 Å². The van der Waals surface area contributed by atoms with Crippen LogP contribution in [0.1, 0.15) is 26.2 Å². The van der Waals surface area contributed by atoms with E-state index in [1.165, 1.54) is 18.4 Å². The Hall–Kier alpha value is -2.86. The number of unbranched alkanes of at least 4 members (excludes halogenated alkanes) is 2. The average molecular weight is 449 g/mol. The third kappa shape index (κ3) is 8.21. The van der Waals surface area contributed by atoms with Gasteiger partial charge in [0, 0.05) is 44.5 Å². The van der Waals surface area contributed by atoms with Gasteiger partial charge in [-0.25, -0.2) is 0 Å². The van der Waals surface area contributed by atoms with Crippen molar-refractivity contribution in [3.63, 3.8) is 0 Å². The standard InChI is InChI=1S/C27H40N6/c1-4-6-7-8-9-26(11-10-24-21-28-20-23(24)5-2)29-14-12-25-22-30-31-27(25)13-15-33-18-16-32(3)17-19-33/h5,8-15,21-22,25-27,29,31H,2,4,6-7,16-20H2,1,3H3/b9-8+,11-10+,14-12+,15-13+. The molecule has 0 aromatic heterocycles. The number of rotatable bonds is 12. The highest BCUT2D eigenvalue weighted by Crippen LogP contribution is 2.14. The molecule has 0 aromatic rings. The van der Waals surface area contributed by atoms with Crippen LogP contribution in [-0.4, -0.2) is 74.1 Å². The molecule has 0 amide bonds. The van der Waals surface area contributed by atoms with Gasteiger partial charge in [0.25, 0.3) is 0 Å². The largest absolute Gasteiger partial charge is 0.381 e. The lowest BCUT2D eigenvalue weighted by Crippen LogP contribution is -2.42. The van der Waals surface area contributed by atoms with E-state index in [-0.39, 0.29) is 18.0 Å². The summed E-state index contributed by atoms with van der Waals surface area (Å²) in [6.45, 7) is 11.2. The Balaban J connectivity index is 1.56. The molecule has 0 aromatic carbocycles. The van der Waals surface area contributed by atoms with Gasteiger partial charge >= 0.3 is 0 Å². The van der Waals surface area contributed by atoms with Crippen molar-refractivity contribution < 1.29 is 0 Å². The van der Waals surface area contributed by atoms with Crippen LogP contribution in [0.2, 0.25) is 0 Å². The number of nitrogens with one attached hydrogen (secondary N) is 2. The number of nitrogens with zero attached hydrogens (tertiary/aromatic N) is 4. The first-order valence-corrected chi connectivity index (χ1v) is 12.2. The number of aliphatic imine (C=N–C) groups is 1. The normalized spacial score (nSPS) is 24.8. The summed E-state index contributed by atoms with van der Waals surface area (Å²) in [5.41, 5.74) is 5.55. The summed E-state index contributed by atoms with van der Waals surface area (Å²) in [5, 5.41) is 7.84. The van der Waals surface area contributed by atoms with Crippen molar-refractivity contribution in [1.29, 1.82) is 0 Å². The SMILES string of the molecule is C=CC1=C(/C=C/C(/C=C/CCCC)N/C=C/C2C=NNC2/C=C/N2CCN(C)CC2)C=NC1. The second kappa shape index (κ2) is 13.6. The maximum atomic E-state index is 4.35. The van der Waals surface area contributed by atoms with Gasteiger partial charge in [0.2, 0.25) is 0 Å². The first-order chi connectivity index (χ1) is 16.2. The fourth-order valence-corrected chi connectivity index (χ4v) is 3.89. The molecular weight excluding hydrogens is 408 g/mol. The molecule has 0 bridgehead atoms. The summed E-state index contributed by atoms with van der Waals surface area (Å²) in [7, 11) is 2.18. The number of hydrazone groups is 1. The molecule has 178 valence electrons. The molecule has 3 atom stereocenters. The molecule has 3 aliphatic heterocycles. The van der Waals surface area contributed by atoms with Gasteiger partial charge < -0.3 is 20.5 Å². The molecule has 0 saturated carbocycles. The number of hydrogen-bond donors (Lipinski definition) is 2. The zero-order valence-corrected chi connectivity index (χ0v) is 20.2. The Morgan fingerprint density at radius 1 is 1.24 bits per heavy atom. The maximum Gasteiger partial charge on any atom is 0.0750 e. The van der Waals surface area contributed by atoms with Gasteiger partial charge in [-0.2, -0.15) is 5.10 Å². The van der Waals surface area contributed by atoms with Crippen molar-refractivity contribution in [2.45, 2.75) is 38.3 Å². The predicted molar refractivity (Wildman–Crippen MR) is 142 cm³/mol. The van der Waals surface area contributed by atoms with E-state index in [1.807, 2.05) is 18.5 Å². The van der Waals surface area contributed by atoms with Gasteiger partial charge in [0.05, 0.1) is 18.6 Å². The van der Waals surface area contributed by atoms with E-state index in [1.54, 1.807) is 0 Å². The van der Waals surface area contributed by atoms with Crippen LogP contribution < -0.4 is 10.7 Å². The lowest BCUT2D eigenvalue weighted by Gasteiger charge is -2.31. The minimum Gasteiger partial charge on any atom is -0.381 e. The molecule has 6 heteroatoms. The van der Waals surface area contributed by atoms with E-state index < -0.39 is 0 Å². The minimum atomic E-state index is 0.122. The molecule has 33 heavy (non-hydrogen) atoms. The van der Waals surface area contributed by atoms with Crippen LogP contribution in [0, 0.1) is 5.92 Å². The second-order valence-corrected chi connectivity index (χ2v) is 8.83. The van der Waals surface area contributed by atoms with Gasteiger partial charge in [0.15, 0.2) is 0 Å². The highest BCUT2D eigenvalue weighted by Gasteiger charge is 2.19. The number of hydrogen-bond acceptors (Lipinski definition) is 6. The molecular formula is C27H40N6. The molecule has 6 nitrogen and oxygen atoms in total. The summed E-state index contributed by atoms with van der Waals surface area (Å²) < 4.78 is 0. The quantitative estimate of drug-likeness (QED) is 0.353. The third-order valence-corrected chi connectivity index (χ3v) is 6.19. The van der Waals surface area contributed by atoms with Gasteiger partial charge in [-0.05, 0) is 43.1 Å². The van der Waals surface area contributed by atoms with Crippen LogP contribution in [0.15, 0.2) is 82.8 Å². The van der Waals surface area contributed by atoms with E-state index in [9.17, 15) is 0 Å². The lowest BCUT2D eigenvalue weighted by atomic mass is 10.0. The topological polar surface area (TPSA) is 55.3 Å². The Kier molecular flexibility index (Phi) is 10.2. The molecule has 2 N–H and O–H groups in total. The predicted octanol–water partition coefficient (Wildman–Crippen LogP) is 3.66. The number of allylic oxidation sites excluding steroid dienone is 3. The smallest absolute Gasteiger partial charge is 0.0750 e. The number of piperazine rings is 1. The molecule has 0 spiro atoms. The lowest BCUT2D eigenvalue weighted by molar-refractivity contribution is 0.198. The average Bonchev–Trinajstić information content (AvgIpc) is 3.48. The Labute approximate surface area is 199 Å². The third-order valence-electron chi connectivity index (χ3n) is 6.19. The first kappa shape index (κ1) is 24.8. The minimum absolute atomic E-state index is 0.122. The Morgan fingerprint density at radius 2 is 2.09 bits per heavy atom. The molecule has 3 unspecified atom stereocenters. The van der Waals surface area contributed by atoms with Crippen LogP contribution in [0.5, 0.6) is 0 Å². The van der Waals surface area contributed by atoms with Crippen LogP contribution >= 0.6 is 0 Å². The van der Waals surface area contributed by atoms with Gasteiger partial charge in [-0.3, -0.25) is 4.99 Å². The van der Waals surface area contributed by atoms with Crippen molar-refractivity contribution in [2.75, 3.05) is 39.8 Å². The fourth-order valence-electron chi connectivity index (χ4n) is 3.89. The Bertz CT molecular complexity index is 824. The molecule has 0 radical (unpaired) electrons. The van der Waals surface area contributed by atoms with E-state index in [4.69, 9.17) is 0 Å². The van der Waals surface area contributed by atoms with Crippen molar-refractivity contribution in [3.8, 4) is 0 Å². The maximum absolute atomic E-state index is 4.35. The summed E-state index contributed by atoms with van der Waals surface area (Å²) in [6, 6.07) is 0.308. The zero-order chi connectivity index (χ0) is 23.3. The zero-order valence-electron chi connectivity index (χ0n) is 20.2. The fraction of sp³-hybridized carbons (Fsp3) is 0.481. The highest BCUT2D eigenvalue weighted by atomic mass is 15.3. The van der Waals surface area contributed by atoms with E-state index >= 15 is 0 Å². The van der Waals surface area contributed by atoms with E-state index in [0.717, 1.165) is 44.7 Å². The highest BCUT2D eigenvalue weighted by molar-refractivity contribution is 5.87. The monoisotopic (exact) mass is 448 g/mol. The summed E-state index contributed by atoms with van der Waals surface area (Å²) in [6.07, 6.45) is 26.9. The van der Waals surface area contributed by atoms with Crippen LogP contribution in [0.4, 0.5) is 0 Å². The van der Waals surface area contributed by atoms with E-state index in [2.05, 4.69) is 100 Å². The van der Waals surface area contributed by atoms with E-state index in [0.29, 0.717) is 0 Å². The summed E-state index contributed by atoms with van der Waals surface area (Å²) in [4.78, 5) is 9.11. The van der Waals surface area contributed by atoms with Gasteiger partial charge in [-0.1, -0.05) is 62.8 Å². The summed E-state index contributed by atoms with van der Waals surface area (Å²) in [5.74, 6) is 0.229. The van der Waals surface area contributed by atoms with Crippen molar-refractivity contribution in [3.05, 3.63) is 72.7 Å².